The van der Waals surface area contributed by atoms with E-state index in [4.69, 9.17) is 0 Å². The Balaban J connectivity index is 0.000000302. The first kappa shape index (κ1) is 50.6. The van der Waals surface area contributed by atoms with Gasteiger partial charge in [0, 0.05) is 0 Å². The van der Waals surface area contributed by atoms with Crippen LogP contribution in [-0.4, -0.2) is 3.21 Å². The van der Waals surface area contributed by atoms with Gasteiger partial charge >= 0.3 is 112 Å². The molecule has 0 unspecified atom stereocenters. The van der Waals surface area contributed by atoms with Gasteiger partial charge in [0.1, 0.15) is 0 Å². The van der Waals surface area contributed by atoms with Crippen LogP contribution in [0.4, 0.5) is 0 Å². The van der Waals surface area contributed by atoms with Gasteiger partial charge in [0.25, 0.3) is 0 Å². The Hall–Kier alpha value is -4.00. The van der Waals surface area contributed by atoms with Crippen molar-refractivity contribution in [2.24, 2.45) is 0 Å². The summed E-state index contributed by atoms with van der Waals surface area (Å²) >= 11 is 1.55. The van der Waals surface area contributed by atoms with Crippen LogP contribution in [0.5, 0.6) is 0 Å². The van der Waals surface area contributed by atoms with Crippen molar-refractivity contribution in [3.05, 3.63) is 206 Å². The normalized spacial score (nSPS) is 11.5. The van der Waals surface area contributed by atoms with Gasteiger partial charge in [0.05, 0.1) is 0 Å². The zero-order valence-corrected chi connectivity index (χ0v) is 43.0. The van der Waals surface area contributed by atoms with Gasteiger partial charge in [-0.2, -0.15) is 18.2 Å². The van der Waals surface area contributed by atoms with Gasteiger partial charge in [-0.25, -0.2) is 12.1 Å². The molecule has 0 bridgehead atoms. The van der Waals surface area contributed by atoms with Crippen LogP contribution in [0.3, 0.4) is 0 Å². The third-order valence-corrected chi connectivity index (χ3v) is 12.5. The molecule has 0 aromatic heterocycles. The van der Waals surface area contributed by atoms with Crippen LogP contribution in [0.2, 0.25) is 0 Å². The van der Waals surface area contributed by atoms with Crippen molar-refractivity contribution in [1.82, 2.24) is 0 Å². The van der Waals surface area contributed by atoms with Crippen LogP contribution < -0.4 is 24.8 Å². The van der Waals surface area contributed by atoms with E-state index in [-0.39, 0.29) is 35.6 Å². The van der Waals surface area contributed by atoms with Crippen LogP contribution in [0.1, 0.15) is 108 Å². The molecule has 7 aromatic rings. The molecule has 0 heterocycles. The molecule has 0 spiro atoms. The molecule has 0 atom stereocenters. The van der Waals surface area contributed by atoms with Crippen molar-refractivity contribution in [2.75, 3.05) is 0 Å². The van der Waals surface area contributed by atoms with Crippen LogP contribution >= 0.6 is 0 Å². The van der Waals surface area contributed by atoms with Crippen molar-refractivity contribution < 1.29 is 49.0 Å². The van der Waals surface area contributed by atoms with Gasteiger partial charge < -0.3 is 24.8 Å². The Morgan fingerprint density at radius 3 is 1.39 bits per heavy atom. The van der Waals surface area contributed by atoms with Crippen molar-refractivity contribution in [1.29, 1.82) is 0 Å². The molecule has 0 aliphatic heterocycles. The second kappa shape index (κ2) is 21.6. The molecule has 1 aliphatic carbocycles. The zero-order valence-electron chi connectivity index (χ0n) is 39.1. The standard InChI is InChI=1S/C39H45.C15H14.C5H5.2ClH.Zr/c1-22-13-24(3)36(25(4)14-22)32-18-28-17-29-19-33(37-26(5)15-23(2)16-27(37)6)35(39(10,11)12)21-31(29)30(28)20-34(32)38(7,8)9;1-3-8-14(9-4-1)12-7-13-15-10-5-2-6-11-15;1-2-4-5-3-1;;;/h13-16,18,20-21H,17H2,1-12H3;1-6,8-11H,12-13H2;1-5H;2*1H;/q-1;;-1;;;+2/p-2. The molecule has 0 N–H and O–H groups in total. The van der Waals surface area contributed by atoms with Crippen molar-refractivity contribution in [2.45, 2.75) is 113 Å². The van der Waals surface area contributed by atoms with Crippen LogP contribution in [0.25, 0.3) is 33.4 Å². The fraction of sp³-hybridized carbons (Fsp3) is 0.288. The molecule has 0 saturated carbocycles. The first-order valence-electron chi connectivity index (χ1n) is 21.7. The summed E-state index contributed by atoms with van der Waals surface area (Å²) in [5.74, 6) is 0. The van der Waals surface area contributed by atoms with Crippen molar-refractivity contribution in [3.63, 3.8) is 0 Å². The summed E-state index contributed by atoms with van der Waals surface area (Å²) in [5, 5.41) is 0. The third-order valence-electron chi connectivity index (χ3n) is 11.6. The predicted octanol–water partition coefficient (Wildman–Crippen LogP) is 9.44. The maximum atomic E-state index is 4.01. The second-order valence-corrected chi connectivity index (χ2v) is 20.9. The van der Waals surface area contributed by atoms with E-state index in [1.807, 2.05) is 30.3 Å². The first-order chi connectivity index (χ1) is 28.4. The van der Waals surface area contributed by atoms with Crippen LogP contribution in [0, 0.1) is 47.6 Å². The number of aryl methyl sites for hydroxylation is 6. The minimum absolute atomic E-state index is 0. The molecule has 0 amide bonds. The topological polar surface area (TPSA) is 0 Å². The summed E-state index contributed by atoms with van der Waals surface area (Å²) in [4.78, 5) is 0. The Kier molecular flexibility index (Phi) is 17.6. The number of halogens is 2. The van der Waals surface area contributed by atoms with E-state index >= 15 is 0 Å². The zero-order chi connectivity index (χ0) is 43.4. The summed E-state index contributed by atoms with van der Waals surface area (Å²) in [6.07, 6.45) is 3.18. The molecule has 62 heavy (non-hydrogen) atoms. The summed E-state index contributed by atoms with van der Waals surface area (Å²) in [6, 6.07) is 52.2. The van der Waals surface area contributed by atoms with Gasteiger partial charge in [-0.1, -0.05) is 117 Å². The van der Waals surface area contributed by atoms with Crippen LogP contribution in [-0.2, 0) is 54.3 Å². The quantitative estimate of drug-likeness (QED) is 0.146. The number of hydrogen-bond acceptors (Lipinski definition) is 0. The minimum atomic E-state index is 0. The predicted molar refractivity (Wildman–Crippen MR) is 258 cm³/mol. The molecule has 8 rings (SSSR count). The van der Waals surface area contributed by atoms with Crippen molar-refractivity contribution in [3.8, 4) is 33.4 Å². The van der Waals surface area contributed by atoms with Gasteiger partial charge in [-0.15, -0.1) is 28.8 Å². The number of fused-ring (bicyclic) bond motifs is 3. The van der Waals surface area contributed by atoms with Gasteiger partial charge in [-0.05, 0) is 92.2 Å². The molecule has 0 radical (unpaired) electrons. The number of rotatable bonds is 6. The number of hydrogen-bond donors (Lipinski definition) is 0. The maximum Gasteiger partial charge on any atom is -0.172 e. The Bertz CT molecular complexity index is 2350. The summed E-state index contributed by atoms with van der Waals surface area (Å²) in [5.41, 5.74) is 24.7. The second-order valence-electron chi connectivity index (χ2n) is 19.1. The van der Waals surface area contributed by atoms with E-state index in [2.05, 4.69) is 192 Å². The maximum absolute atomic E-state index is 4.01. The van der Waals surface area contributed by atoms with Gasteiger partial charge in [0.15, 0.2) is 0 Å². The van der Waals surface area contributed by atoms with Gasteiger partial charge in [0.2, 0.25) is 0 Å². The summed E-state index contributed by atoms with van der Waals surface area (Å²) < 4.78 is 1.60. The van der Waals surface area contributed by atoms with E-state index in [0.717, 1.165) is 19.3 Å². The fourth-order valence-corrected chi connectivity index (χ4v) is 10.1. The smallest absolute Gasteiger partial charge is 0.172 e. The molecule has 1 aliphatic rings. The molecule has 3 heteroatoms. The summed E-state index contributed by atoms with van der Waals surface area (Å²) in [6.45, 7) is 27.5. The largest absolute Gasteiger partial charge is 0.214 e. The molecule has 0 saturated heterocycles. The van der Waals surface area contributed by atoms with E-state index in [1.54, 1.807) is 27.4 Å². The van der Waals surface area contributed by atoms with Crippen LogP contribution in [0.15, 0.2) is 133 Å². The molecule has 0 fully saturated rings. The third kappa shape index (κ3) is 12.4. The Morgan fingerprint density at radius 2 is 0.968 bits per heavy atom. The Labute approximate surface area is 402 Å². The molecular formula is C59H64Cl2Zr-2. The molecule has 0 nitrogen and oxygen atoms in total. The van der Waals surface area contributed by atoms with E-state index in [1.165, 1.54) is 100 Å². The average Bonchev–Trinajstić information content (AvgIpc) is 3.86. The Morgan fingerprint density at radius 1 is 0.532 bits per heavy atom. The monoisotopic (exact) mass is 932 g/mol. The number of benzene rings is 6. The SMILES string of the molecule is Cc1cc(C)c(-c2[c-]c3c(cc2C(C)(C)C)-c2cc(C(C)(C)C)c(-c4c(C)cc(C)cc4C)cc2C3)c(C)c1.[Cl-].[Cl-].[Zr+2]=[C](Cc1ccccc1)Cc1ccccc1.c1cc[cH-]c1. The minimum Gasteiger partial charge on any atom is -0.214 e. The van der Waals surface area contributed by atoms with E-state index in [9.17, 15) is 0 Å². The first-order valence-corrected chi connectivity index (χ1v) is 22.9. The average molecular weight is 935 g/mol. The molecular weight excluding hydrogens is 871 g/mol. The van der Waals surface area contributed by atoms with Crippen molar-refractivity contribution >= 4 is 3.21 Å². The fourth-order valence-electron chi connectivity index (χ4n) is 9.06. The van der Waals surface area contributed by atoms with Gasteiger partial charge in [-0.3, -0.25) is 0 Å². The summed E-state index contributed by atoms with van der Waals surface area (Å²) in [7, 11) is 0. The van der Waals surface area contributed by atoms with E-state index < -0.39 is 0 Å². The molecule has 7 aromatic carbocycles. The molecule has 320 valence electrons. The van der Waals surface area contributed by atoms with E-state index in [0.29, 0.717) is 0 Å².